The monoisotopic (exact) mass is 336 g/mol. The molecular weight excluding hydrogens is 316 g/mol. The summed E-state index contributed by atoms with van der Waals surface area (Å²) in [6, 6.07) is 10.6. The highest BCUT2D eigenvalue weighted by molar-refractivity contribution is 7.09. The van der Waals surface area contributed by atoms with Gasteiger partial charge in [-0.3, -0.25) is 4.79 Å². The van der Waals surface area contributed by atoms with E-state index in [-0.39, 0.29) is 18.3 Å². The summed E-state index contributed by atoms with van der Waals surface area (Å²) in [5.74, 6) is 0.144. The van der Waals surface area contributed by atoms with Gasteiger partial charge in [-0.2, -0.15) is 0 Å². The molecule has 0 bridgehead atoms. The van der Waals surface area contributed by atoms with E-state index in [1.807, 2.05) is 0 Å². The summed E-state index contributed by atoms with van der Waals surface area (Å²) >= 11 is 1.76. The summed E-state index contributed by atoms with van der Waals surface area (Å²) in [4.78, 5) is 13.2. The van der Waals surface area contributed by atoms with E-state index in [4.69, 9.17) is 0 Å². The van der Waals surface area contributed by atoms with E-state index in [1.165, 1.54) is 21.6 Å². The molecule has 118 valence electrons. The standard InChI is InChI=1S/C17H20N2OS.ClH/c20-17(5-1-3-16-4-2-8-21-16)19-10-13-6-7-14-11-18-12-15(14)9-13;/h2,4,6-9,18H,1,3,5,10-12H2,(H,19,20);1H. The lowest BCUT2D eigenvalue weighted by Gasteiger charge is -2.07. The number of thiophene rings is 1. The number of nitrogens with one attached hydrogen (secondary N) is 2. The molecule has 0 aliphatic carbocycles. The zero-order valence-corrected chi connectivity index (χ0v) is 14.1. The Kier molecular flexibility index (Phi) is 6.43. The summed E-state index contributed by atoms with van der Waals surface area (Å²) in [6.45, 7) is 2.54. The van der Waals surface area contributed by atoms with Crippen LogP contribution in [0.15, 0.2) is 35.7 Å². The van der Waals surface area contributed by atoms with E-state index in [0.29, 0.717) is 13.0 Å². The van der Waals surface area contributed by atoms with Gasteiger partial charge in [0.05, 0.1) is 0 Å². The van der Waals surface area contributed by atoms with Crippen LogP contribution in [0.4, 0.5) is 0 Å². The van der Waals surface area contributed by atoms with Gasteiger partial charge in [0, 0.05) is 30.9 Å². The number of halogens is 1. The van der Waals surface area contributed by atoms with Crippen LogP contribution in [0.1, 0.15) is 34.4 Å². The molecule has 1 aliphatic heterocycles. The van der Waals surface area contributed by atoms with E-state index >= 15 is 0 Å². The molecule has 0 fully saturated rings. The molecule has 2 N–H and O–H groups in total. The number of aryl methyl sites for hydroxylation is 1. The maximum atomic E-state index is 11.9. The summed E-state index contributed by atoms with van der Waals surface area (Å²) < 4.78 is 0. The molecule has 1 aromatic carbocycles. The van der Waals surface area contributed by atoms with Crippen LogP contribution in [0.3, 0.4) is 0 Å². The van der Waals surface area contributed by atoms with Crippen molar-refractivity contribution in [3.05, 3.63) is 57.3 Å². The van der Waals surface area contributed by atoms with Gasteiger partial charge in [-0.25, -0.2) is 0 Å². The number of amides is 1. The van der Waals surface area contributed by atoms with Crippen molar-refractivity contribution >= 4 is 29.7 Å². The molecule has 3 nitrogen and oxygen atoms in total. The van der Waals surface area contributed by atoms with Crippen LogP contribution < -0.4 is 10.6 Å². The molecule has 1 amide bonds. The van der Waals surface area contributed by atoms with E-state index in [0.717, 1.165) is 25.9 Å². The largest absolute Gasteiger partial charge is 0.352 e. The molecule has 0 saturated carbocycles. The minimum atomic E-state index is 0. The molecule has 0 unspecified atom stereocenters. The summed E-state index contributed by atoms with van der Waals surface area (Å²) in [5.41, 5.74) is 3.92. The Morgan fingerprint density at radius 3 is 2.91 bits per heavy atom. The van der Waals surface area contributed by atoms with Gasteiger partial charge in [-0.05, 0) is 41.0 Å². The smallest absolute Gasteiger partial charge is 0.220 e. The second-order valence-electron chi connectivity index (χ2n) is 5.42. The molecule has 5 heteroatoms. The van der Waals surface area contributed by atoms with Crippen molar-refractivity contribution in [2.24, 2.45) is 0 Å². The number of rotatable bonds is 6. The maximum absolute atomic E-state index is 11.9. The van der Waals surface area contributed by atoms with Crippen LogP contribution >= 0.6 is 23.7 Å². The Hall–Kier alpha value is -1.36. The molecule has 3 rings (SSSR count). The number of benzene rings is 1. The van der Waals surface area contributed by atoms with Crippen molar-refractivity contribution in [3.63, 3.8) is 0 Å². The van der Waals surface area contributed by atoms with E-state index in [2.05, 4.69) is 46.3 Å². The summed E-state index contributed by atoms with van der Waals surface area (Å²) in [6.07, 6.45) is 2.51. The van der Waals surface area contributed by atoms with Crippen LogP contribution in [0.5, 0.6) is 0 Å². The van der Waals surface area contributed by atoms with E-state index in [1.54, 1.807) is 11.3 Å². The molecule has 2 heterocycles. The molecule has 22 heavy (non-hydrogen) atoms. The third-order valence-corrected chi connectivity index (χ3v) is 4.73. The van der Waals surface area contributed by atoms with Crippen molar-refractivity contribution in [1.29, 1.82) is 0 Å². The van der Waals surface area contributed by atoms with Crippen molar-refractivity contribution in [2.75, 3.05) is 0 Å². The first kappa shape index (κ1) is 17.0. The Bertz CT molecular complexity index is 613. The fourth-order valence-electron chi connectivity index (χ4n) is 2.63. The highest BCUT2D eigenvalue weighted by atomic mass is 35.5. The van der Waals surface area contributed by atoms with Gasteiger partial charge in [0.2, 0.25) is 5.91 Å². The van der Waals surface area contributed by atoms with Gasteiger partial charge in [-0.1, -0.05) is 24.3 Å². The quantitative estimate of drug-likeness (QED) is 0.848. The number of hydrogen-bond acceptors (Lipinski definition) is 3. The van der Waals surface area contributed by atoms with Crippen LogP contribution in [0, 0.1) is 0 Å². The first-order valence-electron chi connectivity index (χ1n) is 7.42. The SMILES string of the molecule is Cl.O=C(CCCc1cccs1)NCc1ccc2c(c1)CNC2. The topological polar surface area (TPSA) is 41.1 Å². The Morgan fingerprint density at radius 1 is 1.23 bits per heavy atom. The molecule has 0 spiro atoms. The van der Waals surface area contributed by atoms with Gasteiger partial charge in [-0.15, -0.1) is 23.7 Å². The van der Waals surface area contributed by atoms with Gasteiger partial charge >= 0.3 is 0 Å². The van der Waals surface area contributed by atoms with Gasteiger partial charge in [0.15, 0.2) is 0 Å². The highest BCUT2D eigenvalue weighted by Gasteiger charge is 2.10. The van der Waals surface area contributed by atoms with Crippen molar-refractivity contribution < 1.29 is 4.79 Å². The number of hydrogen-bond donors (Lipinski definition) is 2. The number of carbonyl (C=O) groups is 1. The number of fused-ring (bicyclic) bond motifs is 1. The van der Waals surface area contributed by atoms with Crippen LogP contribution in [0.25, 0.3) is 0 Å². The zero-order valence-electron chi connectivity index (χ0n) is 12.4. The van der Waals surface area contributed by atoms with Gasteiger partial charge in [0.25, 0.3) is 0 Å². The molecule has 0 saturated heterocycles. The third kappa shape index (κ3) is 4.57. The lowest BCUT2D eigenvalue weighted by Crippen LogP contribution is -2.22. The Morgan fingerprint density at radius 2 is 2.09 bits per heavy atom. The fraction of sp³-hybridized carbons (Fsp3) is 0.353. The van der Waals surface area contributed by atoms with E-state index < -0.39 is 0 Å². The predicted octanol–water partition coefficient (Wildman–Crippen LogP) is 3.41. The zero-order chi connectivity index (χ0) is 14.5. The summed E-state index contributed by atoms with van der Waals surface area (Å²) in [5, 5.41) is 8.43. The average Bonchev–Trinajstić information content (AvgIpc) is 3.15. The highest BCUT2D eigenvalue weighted by Crippen LogP contribution is 2.17. The third-order valence-electron chi connectivity index (χ3n) is 3.80. The van der Waals surface area contributed by atoms with Crippen LogP contribution in [-0.2, 0) is 30.8 Å². The van der Waals surface area contributed by atoms with E-state index in [9.17, 15) is 4.79 Å². The Labute approximate surface area is 141 Å². The first-order valence-corrected chi connectivity index (χ1v) is 8.30. The van der Waals surface area contributed by atoms with Crippen molar-refractivity contribution in [1.82, 2.24) is 10.6 Å². The van der Waals surface area contributed by atoms with Crippen LogP contribution in [0.2, 0.25) is 0 Å². The summed E-state index contributed by atoms with van der Waals surface area (Å²) in [7, 11) is 0. The van der Waals surface area contributed by atoms with Crippen LogP contribution in [-0.4, -0.2) is 5.91 Å². The minimum Gasteiger partial charge on any atom is -0.352 e. The Balaban J connectivity index is 0.00000176. The second kappa shape index (κ2) is 8.32. The van der Waals surface area contributed by atoms with Gasteiger partial charge < -0.3 is 10.6 Å². The number of carbonyl (C=O) groups excluding carboxylic acids is 1. The normalized spacial score (nSPS) is 12.5. The molecule has 0 atom stereocenters. The predicted molar refractivity (Wildman–Crippen MR) is 93.3 cm³/mol. The minimum absolute atomic E-state index is 0. The molecule has 1 aliphatic rings. The first-order chi connectivity index (χ1) is 10.3. The molecule has 2 aromatic rings. The van der Waals surface area contributed by atoms with Crippen molar-refractivity contribution in [2.45, 2.75) is 38.9 Å². The maximum Gasteiger partial charge on any atom is 0.220 e. The second-order valence-corrected chi connectivity index (χ2v) is 6.45. The molecular formula is C17H21ClN2OS. The van der Waals surface area contributed by atoms with Crippen molar-refractivity contribution in [3.8, 4) is 0 Å². The molecule has 1 aromatic heterocycles. The lowest BCUT2D eigenvalue weighted by molar-refractivity contribution is -0.121. The van der Waals surface area contributed by atoms with Gasteiger partial charge in [0.1, 0.15) is 0 Å². The average molecular weight is 337 g/mol. The molecule has 0 radical (unpaired) electrons. The lowest BCUT2D eigenvalue weighted by atomic mass is 10.1. The fourth-order valence-corrected chi connectivity index (χ4v) is 3.38.